The summed E-state index contributed by atoms with van der Waals surface area (Å²) < 4.78 is 4.72. The molecule has 3 N–H and O–H groups in total. The fourth-order valence-electron chi connectivity index (χ4n) is 1.44. The highest BCUT2D eigenvalue weighted by Crippen LogP contribution is 2.14. The molecule has 1 aliphatic rings. The van der Waals surface area contributed by atoms with E-state index in [-0.39, 0.29) is 11.3 Å². The number of alkyl carbamates (subject to hydrolysis) is 1. The van der Waals surface area contributed by atoms with Gasteiger partial charge in [0.05, 0.1) is 12.8 Å². The van der Waals surface area contributed by atoms with Crippen LogP contribution in [0.2, 0.25) is 0 Å². The Morgan fingerprint density at radius 2 is 2.44 bits per heavy atom. The van der Waals surface area contributed by atoms with Crippen molar-refractivity contribution < 1.29 is 9.53 Å². The van der Waals surface area contributed by atoms with Crippen LogP contribution in [0, 0.1) is 0 Å². The second-order valence-corrected chi connectivity index (χ2v) is 5.15. The maximum absolute atomic E-state index is 11.1. The molecule has 1 heterocycles. The maximum atomic E-state index is 11.1. The van der Waals surface area contributed by atoms with Gasteiger partial charge in [0.15, 0.2) is 5.11 Å². The molecule has 0 spiro atoms. The highest BCUT2D eigenvalue weighted by Gasteiger charge is 2.20. The molecule has 92 valence electrons. The lowest BCUT2D eigenvalue weighted by atomic mass is 10.1. The highest BCUT2D eigenvalue weighted by molar-refractivity contribution is 9.09. The maximum Gasteiger partial charge on any atom is 0.413 e. The summed E-state index contributed by atoms with van der Waals surface area (Å²) in [6.07, 6.45) is 1.58. The third kappa shape index (κ3) is 5.09. The number of nitrogens with one attached hydrogen (secondary N) is 3. The van der Waals surface area contributed by atoms with E-state index in [1.165, 1.54) is 0 Å². The van der Waals surface area contributed by atoms with Crippen LogP contribution in [0.5, 0.6) is 0 Å². The summed E-state index contributed by atoms with van der Waals surface area (Å²) in [6.45, 7) is 3.00. The fourth-order valence-corrected chi connectivity index (χ4v) is 2.26. The SMILES string of the molecule is CCOC(=O)NC(=S)NC1CC(Br)CCN1. The minimum absolute atomic E-state index is 0.0903. The molecule has 5 nitrogen and oxygen atoms in total. The summed E-state index contributed by atoms with van der Waals surface area (Å²) in [5, 5.41) is 9.02. The molecule has 1 rings (SSSR count). The number of alkyl halides is 1. The molecule has 2 unspecified atom stereocenters. The zero-order valence-electron chi connectivity index (χ0n) is 9.09. The number of halogens is 1. The third-order valence-electron chi connectivity index (χ3n) is 2.14. The number of rotatable bonds is 2. The first kappa shape index (κ1) is 13.7. The van der Waals surface area contributed by atoms with Crippen molar-refractivity contribution in [3.05, 3.63) is 0 Å². The average molecular weight is 310 g/mol. The molecule has 1 amide bonds. The van der Waals surface area contributed by atoms with E-state index in [1.54, 1.807) is 6.92 Å². The Morgan fingerprint density at radius 1 is 1.69 bits per heavy atom. The van der Waals surface area contributed by atoms with Crippen molar-refractivity contribution in [3.63, 3.8) is 0 Å². The Morgan fingerprint density at radius 3 is 3.06 bits per heavy atom. The van der Waals surface area contributed by atoms with Gasteiger partial charge in [-0.15, -0.1) is 0 Å². The van der Waals surface area contributed by atoms with Crippen molar-refractivity contribution in [3.8, 4) is 0 Å². The van der Waals surface area contributed by atoms with Crippen molar-refractivity contribution in [1.82, 2.24) is 16.0 Å². The van der Waals surface area contributed by atoms with E-state index in [1.807, 2.05) is 0 Å². The predicted octanol–water partition coefficient (Wildman–Crippen LogP) is 1.08. The number of piperidine rings is 1. The van der Waals surface area contributed by atoms with Gasteiger partial charge in [0.25, 0.3) is 0 Å². The topological polar surface area (TPSA) is 62.4 Å². The van der Waals surface area contributed by atoms with Gasteiger partial charge in [-0.3, -0.25) is 10.6 Å². The van der Waals surface area contributed by atoms with Crippen LogP contribution in [-0.2, 0) is 4.74 Å². The van der Waals surface area contributed by atoms with Crippen molar-refractivity contribution in [2.75, 3.05) is 13.2 Å². The first-order valence-electron chi connectivity index (χ1n) is 5.23. The summed E-state index contributed by atoms with van der Waals surface area (Å²) in [5.74, 6) is 0. The van der Waals surface area contributed by atoms with E-state index < -0.39 is 6.09 Å². The van der Waals surface area contributed by atoms with E-state index >= 15 is 0 Å². The molecular formula is C9H16BrN3O2S. The van der Waals surface area contributed by atoms with E-state index in [9.17, 15) is 4.79 Å². The molecule has 0 bridgehead atoms. The number of amides is 1. The molecular weight excluding hydrogens is 294 g/mol. The van der Waals surface area contributed by atoms with E-state index in [2.05, 4.69) is 31.9 Å². The minimum atomic E-state index is -0.522. The van der Waals surface area contributed by atoms with Crippen LogP contribution < -0.4 is 16.0 Å². The zero-order chi connectivity index (χ0) is 12.0. The Balaban J connectivity index is 2.25. The summed E-state index contributed by atoms with van der Waals surface area (Å²) >= 11 is 8.54. The van der Waals surface area contributed by atoms with Gasteiger partial charge in [0.1, 0.15) is 0 Å². The number of hydrogen-bond acceptors (Lipinski definition) is 4. The molecule has 0 radical (unpaired) electrons. The molecule has 7 heteroatoms. The second kappa shape index (κ2) is 7.03. The average Bonchev–Trinajstić information content (AvgIpc) is 2.17. The quantitative estimate of drug-likeness (QED) is 0.526. The van der Waals surface area contributed by atoms with Crippen molar-refractivity contribution in [1.29, 1.82) is 0 Å². The van der Waals surface area contributed by atoms with Crippen molar-refractivity contribution in [2.24, 2.45) is 0 Å². The van der Waals surface area contributed by atoms with Crippen LogP contribution in [0.1, 0.15) is 19.8 Å². The molecule has 16 heavy (non-hydrogen) atoms. The lowest BCUT2D eigenvalue weighted by molar-refractivity contribution is 0.157. The summed E-state index contributed by atoms with van der Waals surface area (Å²) in [7, 11) is 0. The molecule has 1 aliphatic heterocycles. The third-order valence-corrected chi connectivity index (χ3v) is 3.19. The lowest BCUT2D eigenvalue weighted by Gasteiger charge is -2.28. The van der Waals surface area contributed by atoms with Gasteiger partial charge in [-0.1, -0.05) is 15.9 Å². The van der Waals surface area contributed by atoms with Gasteiger partial charge in [-0.05, 0) is 38.5 Å². The molecule has 1 fully saturated rings. The molecule has 0 aliphatic carbocycles. The predicted molar refractivity (Wildman–Crippen MR) is 69.6 cm³/mol. The van der Waals surface area contributed by atoms with Gasteiger partial charge in [0, 0.05) is 4.83 Å². The van der Waals surface area contributed by atoms with Crippen LogP contribution in [0.25, 0.3) is 0 Å². The molecule has 0 aromatic carbocycles. The normalized spacial score (nSPS) is 24.6. The van der Waals surface area contributed by atoms with Gasteiger partial charge in [0.2, 0.25) is 0 Å². The summed E-state index contributed by atoms with van der Waals surface area (Å²) in [4.78, 5) is 11.6. The van der Waals surface area contributed by atoms with Gasteiger partial charge in [-0.25, -0.2) is 4.79 Å². The fraction of sp³-hybridized carbons (Fsp3) is 0.778. The zero-order valence-corrected chi connectivity index (χ0v) is 11.5. The van der Waals surface area contributed by atoms with Crippen LogP contribution in [0.3, 0.4) is 0 Å². The Kier molecular flexibility index (Phi) is 6.00. The Bertz CT molecular complexity index is 265. The molecule has 2 atom stereocenters. The number of carbonyl (C=O) groups is 1. The Hall–Kier alpha value is -0.400. The number of thiocarbonyl (C=S) groups is 1. The van der Waals surface area contributed by atoms with E-state index in [0.717, 1.165) is 19.4 Å². The van der Waals surface area contributed by atoms with Crippen molar-refractivity contribution in [2.45, 2.75) is 30.8 Å². The van der Waals surface area contributed by atoms with E-state index in [4.69, 9.17) is 17.0 Å². The lowest BCUT2D eigenvalue weighted by Crippen LogP contribution is -2.53. The van der Waals surface area contributed by atoms with Crippen LogP contribution in [-0.4, -0.2) is 35.4 Å². The molecule has 0 saturated carbocycles. The molecule has 0 aromatic heterocycles. The highest BCUT2D eigenvalue weighted by atomic mass is 79.9. The van der Waals surface area contributed by atoms with Crippen LogP contribution in [0.4, 0.5) is 4.79 Å². The number of carbonyl (C=O) groups excluding carboxylic acids is 1. The van der Waals surface area contributed by atoms with Crippen molar-refractivity contribution >= 4 is 39.4 Å². The summed E-state index contributed by atoms with van der Waals surface area (Å²) in [6, 6.07) is 0. The molecule has 1 saturated heterocycles. The monoisotopic (exact) mass is 309 g/mol. The van der Waals surface area contributed by atoms with Crippen LogP contribution in [0.15, 0.2) is 0 Å². The standard InChI is InChI=1S/C9H16BrN3O2S/c1-2-15-9(14)13-8(16)12-7-5-6(10)3-4-11-7/h6-7,11H,2-5H2,1H3,(H2,12,13,14,16). The van der Waals surface area contributed by atoms with E-state index in [0.29, 0.717) is 11.4 Å². The van der Waals surface area contributed by atoms with Gasteiger partial charge in [-0.2, -0.15) is 0 Å². The molecule has 0 aromatic rings. The number of ether oxygens (including phenoxy) is 1. The van der Waals surface area contributed by atoms with Crippen LogP contribution >= 0.6 is 28.1 Å². The van der Waals surface area contributed by atoms with Gasteiger partial charge < -0.3 is 10.1 Å². The minimum Gasteiger partial charge on any atom is -0.450 e. The van der Waals surface area contributed by atoms with Gasteiger partial charge >= 0.3 is 6.09 Å². The Labute approximate surface area is 109 Å². The summed E-state index contributed by atoms with van der Waals surface area (Å²) in [5.41, 5.74) is 0. The number of hydrogen-bond donors (Lipinski definition) is 3. The first-order valence-corrected chi connectivity index (χ1v) is 6.56. The smallest absolute Gasteiger partial charge is 0.413 e. The largest absolute Gasteiger partial charge is 0.450 e. The second-order valence-electron chi connectivity index (χ2n) is 3.45. The first-order chi connectivity index (χ1) is 7.61.